The van der Waals surface area contributed by atoms with E-state index in [4.69, 9.17) is 5.26 Å². The van der Waals surface area contributed by atoms with E-state index >= 15 is 0 Å². The maximum atomic E-state index is 12.0. The highest BCUT2D eigenvalue weighted by atomic mass is 16.2. The molecular weight excluding hydrogens is 230 g/mol. The van der Waals surface area contributed by atoms with Crippen molar-refractivity contribution >= 4 is 5.91 Å². The predicted octanol–water partition coefficient (Wildman–Crippen LogP) is 0.820. The summed E-state index contributed by atoms with van der Waals surface area (Å²) in [5.74, 6) is 0.160. The van der Waals surface area contributed by atoms with Crippen LogP contribution in [-0.2, 0) is 11.3 Å². The Labute approximate surface area is 106 Å². The smallest absolute Gasteiger partial charge is 0.222 e. The van der Waals surface area contributed by atoms with Gasteiger partial charge in [0.15, 0.2) is 0 Å². The summed E-state index contributed by atoms with van der Waals surface area (Å²) in [7, 11) is 0. The molecule has 0 aliphatic carbocycles. The Bertz CT molecular complexity index is 422. The molecule has 1 aliphatic heterocycles. The molecule has 1 aliphatic rings. The van der Waals surface area contributed by atoms with Crippen molar-refractivity contribution in [3.05, 3.63) is 12.7 Å². The molecule has 0 bridgehead atoms. The number of hydrogen-bond acceptors (Lipinski definition) is 4. The maximum Gasteiger partial charge on any atom is 0.222 e. The fraction of sp³-hybridized carbons (Fsp3) is 0.667. The minimum Gasteiger partial charge on any atom is -0.341 e. The molecule has 1 amide bonds. The summed E-state index contributed by atoms with van der Waals surface area (Å²) in [6.45, 7) is 2.10. The zero-order valence-electron chi connectivity index (χ0n) is 10.3. The van der Waals surface area contributed by atoms with Gasteiger partial charge >= 0.3 is 0 Å². The zero-order valence-corrected chi connectivity index (χ0v) is 10.3. The lowest BCUT2D eigenvalue weighted by molar-refractivity contribution is -0.132. The van der Waals surface area contributed by atoms with Gasteiger partial charge in [-0.15, -0.1) is 0 Å². The van der Waals surface area contributed by atoms with E-state index in [9.17, 15) is 4.79 Å². The van der Waals surface area contributed by atoms with Crippen LogP contribution in [0.4, 0.5) is 0 Å². The van der Waals surface area contributed by atoms with E-state index in [1.807, 2.05) is 4.90 Å². The fourth-order valence-electron chi connectivity index (χ4n) is 2.21. The van der Waals surface area contributed by atoms with Crippen LogP contribution in [0.5, 0.6) is 0 Å². The molecule has 0 aromatic carbocycles. The second-order valence-electron chi connectivity index (χ2n) is 4.57. The van der Waals surface area contributed by atoms with E-state index in [1.54, 1.807) is 11.0 Å². The summed E-state index contributed by atoms with van der Waals surface area (Å²) < 4.78 is 1.72. The Hall–Kier alpha value is -1.90. The van der Waals surface area contributed by atoms with Crippen LogP contribution in [0, 0.1) is 17.2 Å². The zero-order chi connectivity index (χ0) is 12.8. The van der Waals surface area contributed by atoms with E-state index in [0.29, 0.717) is 19.5 Å². The Kier molecular flexibility index (Phi) is 4.29. The van der Waals surface area contributed by atoms with Gasteiger partial charge in [-0.1, -0.05) is 0 Å². The largest absolute Gasteiger partial charge is 0.341 e. The van der Waals surface area contributed by atoms with Crippen molar-refractivity contribution in [3.8, 4) is 6.07 Å². The molecule has 2 rings (SSSR count). The van der Waals surface area contributed by atoms with Gasteiger partial charge in [0.05, 0.1) is 12.0 Å². The molecular formula is C12H17N5O. The molecule has 18 heavy (non-hydrogen) atoms. The summed E-state index contributed by atoms with van der Waals surface area (Å²) in [4.78, 5) is 17.6. The van der Waals surface area contributed by atoms with Crippen molar-refractivity contribution < 1.29 is 4.79 Å². The highest BCUT2D eigenvalue weighted by Crippen LogP contribution is 2.16. The Balaban J connectivity index is 1.72. The minimum atomic E-state index is 0.0121. The Morgan fingerprint density at radius 1 is 1.56 bits per heavy atom. The fourth-order valence-corrected chi connectivity index (χ4v) is 2.21. The lowest BCUT2D eigenvalue weighted by Gasteiger charge is -2.29. The minimum absolute atomic E-state index is 0.0121. The highest BCUT2D eigenvalue weighted by molar-refractivity contribution is 5.76. The third kappa shape index (κ3) is 3.29. The van der Waals surface area contributed by atoms with Crippen molar-refractivity contribution in [1.29, 1.82) is 5.26 Å². The van der Waals surface area contributed by atoms with Crippen LogP contribution in [0.25, 0.3) is 0 Å². The molecule has 0 saturated carbocycles. The van der Waals surface area contributed by atoms with Crippen molar-refractivity contribution in [1.82, 2.24) is 19.7 Å². The molecule has 96 valence electrons. The standard InChI is InChI=1S/C12H17N5O/c13-7-11-3-1-5-16(8-11)12(18)4-2-6-17-10-14-9-15-17/h9-11H,1-6,8H2/t11-/m0/s1. The number of hydrogen-bond donors (Lipinski definition) is 0. The van der Waals surface area contributed by atoms with Crippen LogP contribution in [0.1, 0.15) is 25.7 Å². The molecule has 1 atom stereocenters. The van der Waals surface area contributed by atoms with E-state index in [-0.39, 0.29) is 11.8 Å². The summed E-state index contributed by atoms with van der Waals surface area (Å²) in [6.07, 6.45) is 6.27. The first-order valence-corrected chi connectivity index (χ1v) is 6.29. The molecule has 6 heteroatoms. The molecule has 2 heterocycles. The second kappa shape index (κ2) is 6.15. The lowest BCUT2D eigenvalue weighted by atomic mass is 9.99. The van der Waals surface area contributed by atoms with Gasteiger partial charge in [-0.3, -0.25) is 9.48 Å². The van der Waals surface area contributed by atoms with Crippen LogP contribution in [0.2, 0.25) is 0 Å². The third-order valence-electron chi connectivity index (χ3n) is 3.20. The van der Waals surface area contributed by atoms with Crippen LogP contribution in [0.15, 0.2) is 12.7 Å². The molecule has 0 radical (unpaired) electrons. The van der Waals surface area contributed by atoms with Gasteiger partial charge in [-0.25, -0.2) is 4.98 Å². The third-order valence-corrected chi connectivity index (χ3v) is 3.20. The van der Waals surface area contributed by atoms with E-state index in [2.05, 4.69) is 16.2 Å². The summed E-state index contributed by atoms with van der Waals surface area (Å²) in [5, 5.41) is 12.9. The first-order chi connectivity index (χ1) is 8.79. The Morgan fingerprint density at radius 2 is 2.44 bits per heavy atom. The number of rotatable bonds is 4. The summed E-state index contributed by atoms with van der Waals surface area (Å²) in [6, 6.07) is 2.25. The number of aromatic nitrogens is 3. The number of amides is 1. The average molecular weight is 247 g/mol. The van der Waals surface area contributed by atoms with E-state index in [1.165, 1.54) is 6.33 Å². The molecule has 1 fully saturated rings. The number of carbonyl (C=O) groups is 1. The van der Waals surface area contributed by atoms with Gasteiger partial charge in [0, 0.05) is 26.1 Å². The number of nitriles is 1. The van der Waals surface area contributed by atoms with Gasteiger partial charge < -0.3 is 4.90 Å². The first-order valence-electron chi connectivity index (χ1n) is 6.29. The van der Waals surface area contributed by atoms with Crippen LogP contribution >= 0.6 is 0 Å². The Morgan fingerprint density at radius 3 is 3.17 bits per heavy atom. The second-order valence-corrected chi connectivity index (χ2v) is 4.57. The van der Waals surface area contributed by atoms with Gasteiger partial charge in [0.2, 0.25) is 5.91 Å². The molecule has 0 N–H and O–H groups in total. The van der Waals surface area contributed by atoms with Crippen LogP contribution in [-0.4, -0.2) is 38.7 Å². The number of carbonyl (C=O) groups excluding carboxylic acids is 1. The summed E-state index contributed by atoms with van der Waals surface area (Å²) in [5.41, 5.74) is 0. The molecule has 1 saturated heterocycles. The predicted molar refractivity (Wildman–Crippen MR) is 64.2 cm³/mol. The van der Waals surface area contributed by atoms with Gasteiger partial charge in [-0.05, 0) is 19.3 Å². The monoisotopic (exact) mass is 247 g/mol. The molecule has 0 unspecified atom stereocenters. The average Bonchev–Trinajstić information content (AvgIpc) is 2.92. The van der Waals surface area contributed by atoms with Gasteiger partial charge in [-0.2, -0.15) is 10.4 Å². The van der Waals surface area contributed by atoms with Crippen molar-refractivity contribution in [3.63, 3.8) is 0 Å². The first kappa shape index (κ1) is 12.6. The number of nitrogens with zero attached hydrogens (tertiary/aromatic N) is 5. The quantitative estimate of drug-likeness (QED) is 0.789. The number of piperidine rings is 1. The van der Waals surface area contributed by atoms with Crippen molar-refractivity contribution in [2.75, 3.05) is 13.1 Å². The van der Waals surface area contributed by atoms with Gasteiger partial charge in [0.25, 0.3) is 0 Å². The normalized spacial score (nSPS) is 19.5. The number of likely N-dealkylation sites (tertiary alicyclic amines) is 1. The van der Waals surface area contributed by atoms with E-state index in [0.717, 1.165) is 25.8 Å². The molecule has 1 aromatic rings. The van der Waals surface area contributed by atoms with Gasteiger partial charge in [0.1, 0.15) is 12.7 Å². The SMILES string of the molecule is N#C[C@@H]1CCCN(C(=O)CCCn2cncn2)C1. The topological polar surface area (TPSA) is 74.8 Å². The summed E-state index contributed by atoms with van der Waals surface area (Å²) >= 11 is 0. The molecule has 0 spiro atoms. The van der Waals surface area contributed by atoms with Crippen molar-refractivity contribution in [2.45, 2.75) is 32.2 Å². The van der Waals surface area contributed by atoms with Crippen molar-refractivity contribution in [2.24, 2.45) is 5.92 Å². The highest BCUT2D eigenvalue weighted by Gasteiger charge is 2.22. The number of aryl methyl sites for hydroxylation is 1. The molecule has 6 nitrogen and oxygen atoms in total. The van der Waals surface area contributed by atoms with E-state index < -0.39 is 0 Å². The van der Waals surface area contributed by atoms with Crippen LogP contribution < -0.4 is 0 Å². The lowest BCUT2D eigenvalue weighted by Crippen LogP contribution is -2.39. The van der Waals surface area contributed by atoms with Crippen LogP contribution in [0.3, 0.4) is 0 Å². The maximum absolute atomic E-state index is 12.0. The molecule has 1 aromatic heterocycles.